The zero-order valence-electron chi connectivity index (χ0n) is 10.2. The van der Waals surface area contributed by atoms with Gasteiger partial charge in [0.15, 0.2) is 9.84 Å². The van der Waals surface area contributed by atoms with Gasteiger partial charge in [-0.3, -0.25) is 0 Å². The zero-order chi connectivity index (χ0) is 13.2. The van der Waals surface area contributed by atoms with Crippen molar-refractivity contribution < 1.29 is 8.42 Å². The number of thioether (sulfide) groups is 1. The molecule has 0 spiro atoms. The van der Waals surface area contributed by atoms with Crippen molar-refractivity contribution in [1.29, 1.82) is 0 Å². The van der Waals surface area contributed by atoms with E-state index in [0.717, 1.165) is 18.0 Å². The van der Waals surface area contributed by atoms with Crippen molar-refractivity contribution in [2.75, 3.05) is 34.4 Å². The van der Waals surface area contributed by atoms with Crippen molar-refractivity contribution in [2.24, 2.45) is 0 Å². The molecule has 1 aromatic rings. The van der Waals surface area contributed by atoms with E-state index < -0.39 is 15.2 Å². The van der Waals surface area contributed by atoms with Crippen LogP contribution in [0.5, 0.6) is 0 Å². The molecular weight excluding hydrogens is 270 g/mol. The van der Waals surface area contributed by atoms with Crippen LogP contribution in [0.4, 0.5) is 11.5 Å². The number of anilines is 2. The first-order valence-electron chi connectivity index (χ1n) is 5.82. The van der Waals surface area contributed by atoms with E-state index in [0.29, 0.717) is 11.6 Å². The summed E-state index contributed by atoms with van der Waals surface area (Å²) in [4.78, 5) is 5.86. The third-order valence-corrected chi connectivity index (χ3v) is 6.29. The van der Waals surface area contributed by atoms with Crippen molar-refractivity contribution in [3.05, 3.63) is 18.3 Å². The smallest absolute Gasteiger partial charge is 0.171 e. The number of nitrogens with zero attached hydrogens (tertiary/aromatic N) is 2. The number of sulfone groups is 1. The van der Waals surface area contributed by atoms with Crippen LogP contribution in [-0.4, -0.2) is 42.6 Å². The molecule has 2 heterocycles. The molecule has 0 saturated carbocycles. The molecule has 0 radical (unpaired) electrons. The van der Waals surface area contributed by atoms with Gasteiger partial charge in [0.25, 0.3) is 0 Å². The van der Waals surface area contributed by atoms with E-state index in [1.165, 1.54) is 0 Å². The molecule has 1 aliphatic rings. The fourth-order valence-electron chi connectivity index (χ4n) is 1.98. The average Bonchev–Trinajstić information content (AvgIpc) is 2.39. The molecule has 0 amide bonds. The Morgan fingerprint density at radius 3 is 3.06 bits per heavy atom. The Kier molecular flexibility index (Phi) is 4.01. The van der Waals surface area contributed by atoms with Crippen LogP contribution < -0.4 is 10.6 Å². The maximum Gasteiger partial charge on any atom is 0.171 e. The van der Waals surface area contributed by atoms with E-state index in [1.807, 2.05) is 11.0 Å². The number of pyridine rings is 1. The van der Waals surface area contributed by atoms with E-state index in [2.05, 4.69) is 4.98 Å². The van der Waals surface area contributed by atoms with Gasteiger partial charge in [-0.05, 0) is 6.07 Å². The summed E-state index contributed by atoms with van der Waals surface area (Å²) in [5, 5.41) is -0.456. The summed E-state index contributed by atoms with van der Waals surface area (Å²) < 4.78 is 24.2. The molecule has 2 N–H and O–H groups in total. The van der Waals surface area contributed by atoms with Crippen molar-refractivity contribution in [1.82, 2.24) is 4.98 Å². The maximum absolute atomic E-state index is 12.1. The molecule has 7 heteroatoms. The van der Waals surface area contributed by atoms with Crippen LogP contribution in [0.1, 0.15) is 6.92 Å². The molecule has 1 fully saturated rings. The monoisotopic (exact) mass is 287 g/mol. The first-order chi connectivity index (χ1) is 8.54. The van der Waals surface area contributed by atoms with Crippen LogP contribution >= 0.6 is 11.8 Å². The third kappa shape index (κ3) is 2.72. The van der Waals surface area contributed by atoms with E-state index in [1.54, 1.807) is 30.9 Å². The second kappa shape index (κ2) is 5.36. The number of hydrogen-bond acceptors (Lipinski definition) is 6. The third-order valence-electron chi connectivity index (χ3n) is 3.00. The highest BCUT2D eigenvalue weighted by molar-refractivity contribution is 8.01. The van der Waals surface area contributed by atoms with Gasteiger partial charge in [0.05, 0.1) is 0 Å². The lowest BCUT2D eigenvalue weighted by atomic mass is 10.3. The number of nitrogens with two attached hydrogens (primary N) is 1. The highest BCUT2D eigenvalue weighted by Crippen LogP contribution is 2.27. The van der Waals surface area contributed by atoms with Crippen molar-refractivity contribution in [3.8, 4) is 0 Å². The van der Waals surface area contributed by atoms with Gasteiger partial charge >= 0.3 is 0 Å². The molecule has 0 aliphatic carbocycles. The summed E-state index contributed by atoms with van der Waals surface area (Å²) in [7, 11) is -3.09. The predicted octanol–water partition coefficient (Wildman–Crippen LogP) is 0.978. The van der Waals surface area contributed by atoms with Crippen LogP contribution in [0, 0.1) is 0 Å². The molecule has 1 saturated heterocycles. The second-order valence-electron chi connectivity index (χ2n) is 4.11. The highest BCUT2D eigenvalue weighted by Gasteiger charge is 2.32. The summed E-state index contributed by atoms with van der Waals surface area (Å²) in [5.74, 6) is 2.12. The van der Waals surface area contributed by atoms with Gasteiger partial charge in [-0.25, -0.2) is 13.4 Å². The summed E-state index contributed by atoms with van der Waals surface area (Å²) in [6.45, 7) is 2.41. The summed E-state index contributed by atoms with van der Waals surface area (Å²) in [5.41, 5.74) is 6.50. The van der Waals surface area contributed by atoms with Crippen LogP contribution in [0.3, 0.4) is 0 Å². The standard InChI is InChI=1S/C11H17N3O2S2/c1-2-18(15,16)11-8-17-6-5-14(11)9-3-4-13-10(12)7-9/h3-4,7,11H,2,5-6,8H2,1H3,(H2,12,13). The predicted molar refractivity (Wildman–Crippen MR) is 76.6 cm³/mol. The lowest BCUT2D eigenvalue weighted by Gasteiger charge is -2.36. The lowest BCUT2D eigenvalue weighted by Crippen LogP contribution is -2.48. The normalized spacial score (nSPS) is 20.9. The van der Waals surface area contributed by atoms with Crippen LogP contribution in [-0.2, 0) is 9.84 Å². The molecule has 100 valence electrons. The Balaban J connectivity index is 2.34. The molecule has 1 aromatic heterocycles. The number of rotatable bonds is 3. The van der Waals surface area contributed by atoms with Crippen molar-refractivity contribution in [2.45, 2.75) is 12.3 Å². The number of nitrogen functional groups attached to an aromatic ring is 1. The van der Waals surface area contributed by atoms with Crippen molar-refractivity contribution in [3.63, 3.8) is 0 Å². The molecule has 1 unspecified atom stereocenters. The van der Waals surface area contributed by atoms with E-state index >= 15 is 0 Å². The summed E-state index contributed by atoms with van der Waals surface area (Å²) >= 11 is 1.68. The molecule has 5 nitrogen and oxygen atoms in total. The Hall–Kier alpha value is -0.950. The van der Waals surface area contributed by atoms with Crippen LogP contribution in [0.25, 0.3) is 0 Å². The average molecular weight is 287 g/mol. The molecule has 0 aromatic carbocycles. The Morgan fingerprint density at radius 1 is 1.61 bits per heavy atom. The van der Waals surface area contributed by atoms with Crippen LogP contribution in [0.2, 0.25) is 0 Å². The van der Waals surface area contributed by atoms with Gasteiger partial charge in [-0.2, -0.15) is 11.8 Å². The minimum absolute atomic E-state index is 0.162. The van der Waals surface area contributed by atoms with Gasteiger partial charge in [-0.15, -0.1) is 0 Å². The maximum atomic E-state index is 12.1. The fraction of sp³-hybridized carbons (Fsp3) is 0.545. The van der Waals surface area contributed by atoms with Gasteiger partial charge in [0.2, 0.25) is 0 Å². The van der Waals surface area contributed by atoms with Crippen LogP contribution in [0.15, 0.2) is 18.3 Å². The van der Waals surface area contributed by atoms with Gasteiger partial charge in [-0.1, -0.05) is 6.92 Å². The van der Waals surface area contributed by atoms with Crippen molar-refractivity contribution >= 4 is 33.1 Å². The zero-order valence-corrected chi connectivity index (χ0v) is 11.9. The lowest BCUT2D eigenvalue weighted by molar-refractivity contribution is 0.579. The number of hydrogen-bond donors (Lipinski definition) is 1. The van der Waals surface area contributed by atoms with Gasteiger partial charge in [0, 0.05) is 41.8 Å². The minimum Gasteiger partial charge on any atom is -0.384 e. The van der Waals surface area contributed by atoms with E-state index in [9.17, 15) is 8.42 Å². The van der Waals surface area contributed by atoms with Gasteiger partial charge in [0.1, 0.15) is 11.2 Å². The first kappa shape index (κ1) is 13.5. The Labute approximate surface area is 112 Å². The Morgan fingerprint density at radius 2 is 2.39 bits per heavy atom. The molecule has 0 bridgehead atoms. The first-order valence-corrected chi connectivity index (χ1v) is 8.69. The molecule has 18 heavy (non-hydrogen) atoms. The molecule has 2 rings (SSSR count). The molecule has 1 aliphatic heterocycles. The topological polar surface area (TPSA) is 76.3 Å². The second-order valence-corrected chi connectivity index (χ2v) is 7.71. The van der Waals surface area contributed by atoms with E-state index in [-0.39, 0.29) is 5.75 Å². The number of aromatic nitrogens is 1. The quantitative estimate of drug-likeness (QED) is 0.893. The van der Waals surface area contributed by atoms with Gasteiger partial charge < -0.3 is 10.6 Å². The minimum atomic E-state index is -3.09. The van der Waals surface area contributed by atoms with E-state index in [4.69, 9.17) is 5.73 Å². The largest absolute Gasteiger partial charge is 0.384 e. The Bertz CT molecular complexity index is 519. The highest BCUT2D eigenvalue weighted by atomic mass is 32.2. The summed E-state index contributed by atoms with van der Waals surface area (Å²) in [6, 6.07) is 3.54. The fourth-order valence-corrected chi connectivity index (χ4v) is 4.97. The molecular formula is C11H17N3O2S2. The molecule has 1 atom stereocenters. The summed E-state index contributed by atoms with van der Waals surface area (Å²) in [6.07, 6.45) is 1.61. The SMILES string of the molecule is CCS(=O)(=O)C1CSCCN1c1ccnc(N)c1.